The average Bonchev–Trinajstić information content (AvgIpc) is 2.97. The molecule has 1 saturated heterocycles. The molecule has 2 aromatic carbocycles. The second-order valence-corrected chi connectivity index (χ2v) is 6.10. The first-order valence-electron chi connectivity index (χ1n) is 7.83. The van der Waals surface area contributed by atoms with Crippen LogP contribution in [0.15, 0.2) is 42.6 Å². The lowest BCUT2D eigenvalue weighted by molar-refractivity contribution is 0.194. The third kappa shape index (κ3) is 2.91. The van der Waals surface area contributed by atoms with Crippen molar-refractivity contribution in [3.63, 3.8) is 0 Å². The molecule has 7 heteroatoms. The van der Waals surface area contributed by atoms with E-state index < -0.39 is 17.7 Å². The van der Waals surface area contributed by atoms with Crippen LogP contribution in [0.2, 0.25) is 0 Å². The van der Waals surface area contributed by atoms with E-state index in [2.05, 4.69) is 9.97 Å². The van der Waals surface area contributed by atoms with E-state index in [-0.39, 0.29) is 22.9 Å². The fourth-order valence-corrected chi connectivity index (χ4v) is 3.23. The molecule has 0 amide bonds. The predicted octanol–water partition coefficient (Wildman–Crippen LogP) is 3.36. The Hall–Kier alpha value is -2.67. The molecule has 2 heterocycles. The summed E-state index contributed by atoms with van der Waals surface area (Å²) in [5.41, 5.74) is 1.17. The van der Waals surface area contributed by atoms with Crippen molar-refractivity contribution in [2.75, 3.05) is 11.4 Å². The molecule has 4 rings (SSSR count). The van der Waals surface area contributed by atoms with Gasteiger partial charge in [0.15, 0.2) is 11.6 Å². The Balaban J connectivity index is 1.76. The second kappa shape index (κ2) is 6.00. The summed E-state index contributed by atoms with van der Waals surface area (Å²) in [7, 11) is 0. The van der Waals surface area contributed by atoms with Crippen molar-refractivity contribution in [3.05, 3.63) is 65.6 Å². The van der Waals surface area contributed by atoms with Gasteiger partial charge in [-0.05, 0) is 24.1 Å². The van der Waals surface area contributed by atoms with Crippen LogP contribution in [-0.4, -0.2) is 27.7 Å². The first-order chi connectivity index (χ1) is 12.0. The summed E-state index contributed by atoms with van der Waals surface area (Å²) >= 11 is 0. The molecule has 1 aliphatic heterocycles. The van der Waals surface area contributed by atoms with Gasteiger partial charge in [0, 0.05) is 18.7 Å². The van der Waals surface area contributed by atoms with Crippen LogP contribution in [0.1, 0.15) is 18.0 Å². The van der Waals surface area contributed by atoms with E-state index in [9.17, 15) is 18.3 Å². The minimum Gasteiger partial charge on any atom is -0.391 e. The third-order valence-corrected chi connectivity index (χ3v) is 4.38. The van der Waals surface area contributed by atoms with Crippen LogP contribution in [0.4, 0.5) is 19.0 Å². The van der Waals surface area contributed by atoms with E-state index in [1.807, 2.05) is 0 Å². The number of hydrogen-bond acceptors (Lipinski definition) is 4. The van der Waals surface area contributed by atoms with Crippen molar-refractivity contribution < 1.29 is 18.3 Å². The summed E-state index contributed by atoms with van der Waals surface area (Å²) in [5.74, 6) is -1.92. The summed E-state index contributed by atoms with van der Waals surface area (Å²) in [5, 5.41) is 10.1. The molecule has 0 radical (unpaired) electrons. The second-order valence-electron chi connectivity index (χ2n) is 6.10. The van der Waals surface area contributed by atoms with Crippen LogP contribution in [-0.2, 0) is 0 Å². The summed E-state index contributed by atoms with van der Waals surface area (Å²) in [4.78, 5) is 10.3. The van der Waals surface area contributed by atoms with Gasteiger partial charge in [-0.1, -0.05) is 12.1 Å². The van der Waals surface area contributed by atoms with Gasteiger partial charge in [-0.15, -0.1) is 0 Å². The molecular weight excluding hydrogens is 331 g/mol. The predicted molar refractivity (Wildman–Crippen MR) is 86.6 cm³/mol. The molecule has 128 valence electrons. The van der Waals surface area contributed by atoms with E-state index in [0.717, 1.165) is 12.1 Å². The molecule has 4 nitrogen and oxygen atoms in total. The van der Waals surface area contributed by atoms with Crippen molar-refractivity contribution in [1.29, 1.82) is 0 Å². The lowest BCUT2D eigenvalue weighted by Crippen LogP contribution is -2.25. The van der Waals surface area contributed by atoms with E-state index in [1.54, 1.807) is 17.0 Å². The average molecular weight is 345 g/mol. The number of aliphatic hydroxyl groups excluding tert-OH is 1. The molecule has 3 aromatic rings. The fraction of sp³-hybridized carbons (Fsp3) is 0.222. The van der Waals surface area contributed by atoms with E-state index in [4.69, 9.17) is 0 Å². The lowest BCUT2D eigenvalue weighted by atomic mass is 10.0. The maximum Gasteiger partial charge on any atom is 0.161 e. The molecule has 1 aromatic heterocycles. The number of hydrogen-bond donors (Lipinski definition) is 1. The number of nitrogens with zero attached hydrogens (tertiary/aromatic N) is 3. The highest BCUT2D eigenvalue weighted by atomic mass is 19.2. The van der Waals surface area contributed by atoms with E-state index in [0.29, 0.717) is 24.3 Å². The summed E-state index contributed by atoms with van der Waals surface area (Å²) in [6.45, 7) is 0.297. The zero-order valence-corrected chi connectivity index (χ0v) is 13.0. The standard InChI is InChI=1S/C18H14F3N3O/c19-11-3-1-2-10(4-11)17-5-12(25)9-24(17)18-8-22-15-6-13(20)14(21)7-16(15)23-18/h1-4,6-8,12,17,25H,5,9H2/t12-,17-/m1/s1. The quantitative estimate of drug-likeness (QED) is 0.774. The molecule has 0 unspecified atom stereocenters. The molecular formula is C18H14F3N3O. The highest BCUT2D eigenvalue weighted by molar-refractivity contribution is 5.76. The summed E-state index contributed by atoms with van der Waals surface area (Å²) in [6.07, 6.45) is 1.26. The molecule has 25 heavy (non-hydrogen) atoms. The first kappa shape index (κ1) is 15.8. The third-order valence-electron chi connectivity index (χ3n) is 4.38. The van der Waals surface area contributed by atoms with Crippen molar-refractivity contribution in [3.8, 4) is 0 Å². The SMILES string of the molecule is O[C@@H]1C[C@H](c2cccc(F)c2)N(c2cnc3cc(F)c(F)cc3n2)C1. The Labute approximate surface area is 141 Å². The number of benzene rings is 2. The van der Waals surface area contributed by atoms with Crippen molar-refractivity contribution in [1.82, 2.24) is 9.97 Å². The Bertz CT molecular complexity index is 950. The van der Waals surface area contributed by atoms with Gasteiger partial charge in [0.2, 0.25) is 0 Å². The van der Waals surface area contributed by atoms with Crippen molar-refractivity contribution in [2.24, 2.45) is 0 Å². The zero-order chi connectivity index (χ0) is 17.6. The smallest absolute Gasteiger partial charge is 0.161 e. The normalized spacial score (nSPS) is 20.4. The van der Waals surface area contributed by atoms with Crippen LogP contribution < -0.4 is 4.90 Å². The molecule has 0 aliphatic carbocycles. The molecule has 1 aliphatic rings. The highest BCUT2D eigenvalue weighted by Crippen LogP contribution is 2.36. The number of β-amino-alcohol motifs (C(OH)–C–C–N with tert-alkyl or cyclic N) is 1. The van der Waals surface area contributed by atoms with Crippen molar-refractivity contribution in [2.45, 2.75) is 18.6 Å². The highest BCUT2D eigenvalue weighted by Gasteiger charge is 2.33. The van der Waals surface area contributed by atoms with Gasteiger partial charge in [0.25, 0.3) is 0 Å². The van der Waals surface area contributed by atoms with Crippen LogP contribution >= 0.6 is 0 Å². The maximum atomic E-state index is 13.6. The van der Waals surface area contributed by atoms with Gasteiger partial charge < -0.3 is 10.0 Å². The van der Waals surface area contributed by atoms with Gasteiger partial charge in [-0.2, -0.15) is 0 Å². The van der Waals surface area contributed by atoms with Gasteiger partial charge in [0.1, 0.15) is 11.6 Å². The minimum absolute atomic E-state index is 0.218. The van der Waals surface area contributed by atoms with Crippen molar-refractivity contribution >= 4 is 16.9 Å². The fourth-order valence-electron chi connectivity index (χ4n) is 3.23. The monoisotopic (exact) mass is 345 g/mol. The molecule has 2 atom stereocenters. The van der Waals surface area contributed by atoms with Crippen LogP contribution in [0.3, 0.4) is 0 Å². The van der Waals surface area contributed by atoms with Crippen LogP contribution in [0.5, 0.6) is 0 Å². The minimum atomic E-state index is -0.998. The Morgan fingerprint density at radius 3 is 2.56 bits per heavy atom. The van der Waals surface area contributed by atoms with E-state index >= 15 is 0 Å². The van der Waals surface area contributed by atoms with Gasteiger partial charge in [-0.25, -0.2) is 18.2 Å². The topological polar surface area (TPSA) is 49.2 Å². The Morgan fingerprint density at radius 2 is 1.80 bits per heavy atom. The molecule has 1 N–H and O–H groups in total. The van der Waals surface area contributed by atoms with E-state index in [1.165, 1.54) is 18.3 Å². The number of halogens is 3. The van der Waals surface area contributed by atoms with Gasteiger partial charge in [0.05, 0.1) is 29.4 Å². The molecule has 1 fully saturated rings. The number of anilines is 1. The number of rotatable bonds is 2. The molecule has 0 bridgehead atoms. The maximum absolute atomic E-state index is 13.6. The Morgan fingerprint density at radius 1 is 1.04 bits per heavy atom. The summed E-state index contributed by atoms with van der Waals surface area (Å²) < 4.78 is 40.3. The zero-order valence-electron chi connectivity index (χ0n) is 13.0. The van der Waals surface area contributed by atoms with Crippen LogP contribution in [0, 0.1) is 17.5 Å². The summed E-state index contributed by atoms with van der Waals surface area (Å²) in [6, 6.07) is 7.86. The molecule has 0 spiro atoms. The first-order valence-corrected chi connectivity index (χ1v) is 7.83. The largest absolute Gasteiger partial charge is 0.391 e. The Kier molecular flexibility index (Phi) is 3.80. The van der Waals surface area contributed by atoms with Gasteiger partial charge in [-0.3, -0.25) is 4.98 Å². The van der Waals surface area contributed by atoms with Crippen LogP contribution in [0.25, 0.3) is 11.0 Å². The molecule has 0 saturated carbocycles. The number of aliphatic hydroxyl groups is 1. The lowest BCUT2D eigenvalue weighted by Gasteiger charge is -2.25. The van der Waals surface area contributed by atoms with Gasteiger partial charge >= 0.3 is 0 Å². The number of fused-ring (bicyclic) bond motifs is 1. The number of aromatic nitrogens is 2.